The molecule has 5 heterocycles. The van der Waals surface area contributed by atoms with E-state index in [9.17, 15) is 5.11 Å². The van der Waals surface area contributed by atoms with Crippen molar-refractivity contribution in [3.05, 3.63) is 42.9 Å². The first-order chi connectivity index (χ1) is 12.3. The van der Waals surface area contributed by atoms with Gasteiger partial charge in [-0.1, -0.05) is 0 Å². The summed E-state index contributed by atoms with van der Waals surface area (Å²) in [6, 6.07) is 8.13. The Balaban J connectivity index is 1.52. The standard InChI is InChI=1S/C18H17N5O2/c24-16-10-23(3-2-19-16)14-6-12-7-15(22-17(12)20-9-14)13-5-11-1-4-25-18(11)21-8-13/h1,4-9,16,19,24H,2-3,10H2,(H,20,22). The average Bonchev–Trinajstić information content (AvgIpc) is 3.26. The van der Waals surface area contributed by atoms with Crippen molar-refractivity contribution in [2.45, 2.75) is 6.23 Å². The van der Waals surface area contributed by atoms with Gasteiger partial charge in [0.25, 0.3) is 0 Å². The lowest BCUT2D eigenvalue weighted by Gasteiger charge is -2.32. The maximum Gasteiger partial charge on any atom is 0.225 e. The van der Waals surface area contributed by atoms with E-state index in [2.05, 4.69) is 37.3 Å². The van der Waals surface area contributed by atoms with E-state index in [0.717, 1.165) is 46.5 Å². The molecule has 1 saturated heterocycles. The molecule has 126 valence electrons. The Bertz CT molecular complexity index is 1050. The highest BCUT2D eigenvalue weighted by Gasteiger charge is 2.18. The number of aromatic amines is 1. The average molecular weight is 335 g/mol. The molecular formula is C18H17N5O2. The van der Waals surface area contributed by atoms with Gasteiger partial charge >= 0.3 is 0 Å². The Morgan fingerprint density at radius 2 is 2.12 bits per heavy atom. The summed E-state index contributed by atoms with van der Waals surface area (Å²) in [4.78, 5) is 14.4. The minimum Gasteiger partial charge on any atom is -0.446 e. The molecule has 1 atom stereocenters. The molecule has 0 aliphatic carbocycles. The molecule has 0 bridgehead atoms. The van der Waals surface area contributed by atoms with Crippen molar-refractivity contribution in [1.29, 1.82) is 0 Å². The van der Waals surface area contributed by atoms with Crippen LogP contribution in [0.5, 0.6) is 0 Å². The molecule has 1 aliphatic heterocycles. The van der Waals surface area contributed by atoms with Crippen molar-refractivity contribution in [2.24, 2.45) is 0 Å². The Labute approximate surface area is 143 Å². The molecule has 4 aromatic heterocycles. The van der Waals surface area contributed by atoms with E-state index in [-0.39, 0.29) is 0 Å². The SMILES string of the molecule is OC1CN(c2cnc3[nH]c(-c4cnc5occc5c4)cc3c2)CCN1. The van der Waals surface area contributed by atoms with Gasteiger partial charge in [-0.3, -0.25) is 5.32 Å². The maximum absolute atomic E-state index is 9.78. The van der Waals surface area contributed by atoms with Gasteiger partial charge in [-0.2, -0.15) is 0 Å². The number of aliphatic hydroxyl groups excluding tert-OH is 1. The van der Waals surface area contributed by atoms with Crippen LogP contribution >= 0.6 is 0 Å². The largest absolute Gasteiger partial charge is 0.446 e. The first-order valence-corrected chi connectivity index (χ1v) is 8.25. The number of fused-ring (bicyclic) bond motifs is 2. The van der Waals surface area contributed by atoms with Crippen LogP contribution in [0.25, 0.3) is 33.4 Å². The van der Waals surface area contributed by atoms with E-state index in [1.165, 1.54) is 0 Å². The number of β-amino-alcohol motifs (C(OH)–C–C–N with tert-alkyl or cyclic N) is 1. The summed E-state index contributed by atoms with van der Waals surface area (Å²) in [6.45, 7) is 2.17. The molecule has 3 N–H and O–H groups in total. The topological polar surface area (TPSA) is 90.2 Å². The molecule has 0 saturated carbocycles. The highest BCUT2D eigenvalue weighted by atomic mass is 16.3. The minimum atomic E-state index is -0.501. The van der Waals surface area contributed by atoms with Crippen LogP contribution < -0.4 is 10.2 Å². The third-order valence-corrected chi connectivity index (χ3v) is 4.59. The molecule has 25 heavy (non-hydrogen) atoms. The molecule has 0 amide bonds. The van der Waals surface area contributed by atoms with Crippen molar-refractivity contribution in [2.75, 3.05) is 24.5 Å². The van der Waals surface area contributed by atoms with Crippen molar-refractivity contribution in [3.63, 3.8) is 0 Å². The third kappa shape index (κ3) is 2.54. The predicted molar refractivity (Wildman–Crippen MR) is 95.3 cm³/mol. The summed E-state index contributed by atoms with van der Waals surface area (Å²) in [5.41, 5.74) is 4.45. The normalized spacial score (nSPS) is 18.3. The second kappa shape index (κ2) is 5.58. The van der Waals surface area contributed by atoms with Gasteiger partial charge in [-0.05, 0) is 24.3 Å². The molecule has 0 spiro atoms. The molecule has 7 heteroatoms. The zero-order valence-corrected chi connectivity index (χ0v) is 13.4. The van der Waals surface area contributed by atoms with Gasteiger partial charge in [0.15, 0.2) is 0 Å². The van der Waals surface area contributed by atoms with Crippen LogP contribution in [0.15, 0.2) is 47.3 Å². The number of rotatable bonds is 2. The number of piperazine rings is 1. The van der Waals surface area contributed by atoms with E-state index in [1.807, 2.05) is 18.3 Å². The second-order valence-corrected chi connectivity index (χ2v) is 6.27. The molecule has 7 nitrogen and oxygen atoms in total. The van der Waals surface area contributed by atoms with Crippen molar-refractivity contribution < 1.29 is 9.52 Å². The summed E-state index contributed by atoms with van der Waals surface area (Å²) in [5, 5.41) is 14.8. The van der Waals surface area contributed by atoms with Crippen LogP contribution in [0.4, 0.5) is 5.69 Å². The first kappa shape index (κ1) is 14.4. The predicted octanol–water partition coefficient (Wildman–Crippen LogP) is 2.10. The summed E-state index contributed by atoms with van der Waals surface area (Å²) in [7, 11) is 0. The fourth-order valence-corrected chi connectivity index (χ4v) is 3.30. The number of nitrogens with zero attached hydrogens (tertiary/aromatic N) is 3. The summed E-state index contributed by atoms with van der Waals surface area (Å²) >= 11 is 0. The van der Waals surface area contributed by atoms with Gasteiger partial charge < -0.3 is 19.4 Å². The van der Waals surface area contributed by atoms with Crippen LogP contribution in [-0.2, 0) is 0 Å². The number of furan rings is 1. The number of anilines is 1. The lowest BCUT2D eigenvalue weighted by molar-refractivity contribution is 0.131. The highest BCUT2D eigenvalue weighted by Crippen LogP contribution is 2.28. The zero-order chi connectivity index (χ0) is 16.8. The van der Waals surface area contributed by atoms with E-state index in [4.69, 9.17) is 4.42 Å². The lowest BCUT2D eigenvalue weighted by Crippen LogP contribution is -2.50. The van der Waals surface area contributed by atoms with Crippen LogP contribution in [0.1, 0.15) is 0 Å². The van der Waals surface area contributed by atoms with Gasteiger partial charge in [0.1, 0.15) is 11.9 Å². The summed E-state index contributed by atoms with van der Waals surface area (Å²) in [5.74, 6) is 0. The van der Waals surface area contributed by atoms with Crippen LogP contribution in [0, 0.1) is 0 Å². The van der Waals surface area contributed by atoms with Crippen molar-refractivity contribution >= 4 is 27.8 Å². The molecular weight excluding hydrogens is 318 g/mol. The molecule has 0 radical (unpaired) electrons. The fourth-order valence-electron chi connectivity index (χ4n) is 3.30. The van der Waals surface area contributed by atoms with E-state index in [1.54, 1.807) is 12.5 Å². The number of hydrogen-bond donors (Lipinski definition) is 3. The van der Waals surface area contributed by atoms with Crippen molar-refractivity contribution in [1.82, 2.24) is 20.3 Å². The van der Waals surface area contributed by atoms with Crippen LogP contribution in [0.2, 0.25) is 0 Å². The first-order valence-electron chi connectivity index (χ1n) is 8.25. The fraction of sp³-hybridized carbons (Fsp3) is 0.222. The Morgan fingerprint density at radius 3 is 3.04 bits per heavy atom. The zero-order valence-electron chi connectivity index (χ0n) is 13.4. The lowest BCUT2D eigenvalue weighted by atomic mass is 10.1. The van der Waals surface area contributed by atoms with Gasteiger partial charge in [0.2, 0.25) is 5.71 Å². The van der Waals surface area contributed by atoms with Crippen molar-refractivity contribution in [3.8, 4) is 11.3 Å². The molecule has 1 aliphatic rings. The second-order valence-electron chi connectivity index (χ2n) is 6.27. The monoisotopic (exact) mass is 335 g/mol. The molecule has 5 rings (SSSR count). The number of hydrogen-bond acceptors (Lipinski definition) is 6. The summed E-state index contributed by atoms with van der Waals surface area (Å²) < 4.78 is 5.29. The number of H-pyrrole nitrogens is 1. The number of nitrogens with one attached hydrogen (secondary N) is 2. The van der Waals surface area contributed by atoms with Gasteiger partial charge in [0.05, 0.1) is 24.7 Å². The molecule has 1 unspecified atom stereocenters. The molecule has 1 fully saturated rings. The highest BCUT2D eigenvalue weighted by molar-refractivity contribution is 5.87. The van der Waals surface area contributed by atoms with E-state index < -0.39 is 6.23 Å². The Morgan fingerprint density at radius 1 is 1.16 bits per heavy atom. The number of aromatic nitrogens is 3. The van der Waals surface area contributed by atoms with Gasteiger partial charge in [-0.25, -0.2) is 9.97 Å². The third-order valence-electron chi connectivity index (χ3n) is 4.59. The van der Waals surface area contributed by atoms with Crippen LogP contribution in [0.3, 0.4) is 0 Å². The van der Waals surface area contributed by atoms with E-state index in [0.29, 0.717) is 12.3 Å². The Kier molecular flexibility index (Phi) is 3.22. The van der Waals surface area contributed by atoms with Gasteiger partial charge in [0, 0.05) is 41.3 Å². The molecule has 0 aromatic carbocycles. The minimum absolute atomic E-state index is 0.501. The summed E-state index contributed by atoms with van der Waals surface area (Å²) in [6.07, 6.45) is 4.78. The maximum atomic E-state index is 9.78. The smallest absolute Gasteiger partial charge is 0.225 e. The number of aliphatic hydroxyl groups is 1. The van der Waals surface area contributed by atoms with E-state index >= 15 is 0 Å². The van der Waals surface area contributed by atoms with Gasteiger partial charge in [-0.15, -0.1) is 0 Å². The Hall–Kier alpha value is -2.90. The quantitative estimate of drug-likeness (QED) is 0.520. The van der Waals surface area contributed by atoms with Crippen LogP contribution in [-0.4, -0.2) is 45.9 Å². The molecule has 4 aromatic rings. The number of pyridine rings is 2.